The van der Waals surface area contributed by atoms with Gasteiger partial charge in [-0.2, -0.15) is 18.3 Å². The molecule has 0 spiro atoms. The van der Waals surface area contributed by atoms with E-state index in [2.05, 4.69) is 10.4 Å². The highest BCUT2D eigenvalue weighted by Gasteiger charge is 2.57. The van der Waals surface area contributed by atoms with E-state index in [0.29, 0.717) is 17.0 Å². The Bertz CT molecular complexity index is 929. The van der Waals surface area contributed by atoms with Crippen molar-refractivity contribution in [1.29, 1.82) is 0 Å². The van der Waals surface area contributed by atoms with E-state index >= 15 is 0 Å². The van der Waals surface area contributed by atoms with Crippen LogP contribution < -0.4 is 5.32 Å². The van der Waals surface area contributed by atoms with Crippen molar-refractivity contribution in [1.82, 2.24) is 15.1 Å². The number of halogens is 3. The Kier molecular flexibility index (Phi) is 3.73. The lowest BCUT2D eigenvalue weighted by Gasteiger charge is -2.21. The summed E-state index contributed by atoms with van der Waals surface area (Å²) < 4.78 is 39.5. The zero-order chi connectivity index (χ0) is 19.6. The molecule has 27 heavy (non-hydrogen) atoms. The summed E-state index contributed by atoms with van der Waals surface area (Å²) in [7, 11) is 0. The van der Waals surface area contributed by atoms with E-state index in [1.54, 1.807) is 19.9 Å². The van der Waals surface area contributed by atoms with E-state index in [1.165, 1.54) is 16.8 Å². The number of nitrogens with zero attached hydrogens (tertiary/aromatic N) is 2. The van der Waals surface area contributed by atoms with Gasteiger partial charge in [0.15, 0.2) is 11.8 Å². The lowest BCUT2D eigenvalue weighted by Crippen LogP contribution is -2.45. The summed E-state index contributed by atoms with van der Waals surface area (Å²) in [5.41, 5.74) is -0.108. The predicted octanol–water partition coefficient (Wildman–Crippen LogP) is 3.29. The minimum atomic E-state index is -4.41. The van der Waals surface area contributed by atoms with Gasteiger partial charge in [-0.25, -0.2) is 4.68 Å². The molecule has 4 rings (SSSR count). The molecule has 2 fully saturated rings. The monoisotopic (exact) mass is 377 g/mol. The summed E-state index contributed by atoms with van der Waals surface area (Å²) in [6.07, 6.45) is -2.59. The summed E-state index contributed by atoms with van der Waals surface area (Å²) in [4.78, 5) is 25.4. The molecular weight excluding hydrogens is 359 g/mol. The number of Topliss-reactive ketones (excluding diaryl/α,β-unsaturated/α-hetero) is 1. The number of carbonyl (C=O) groups excluding carboxylic acids is 2. The van der Waals surface area contributed by atoms with Crippen LogP contribution in [0.4, 0.5) is 13.2 Å². The third-order valence-corrected chi connectivity index (χ3v) is 5.46. The van der Waals surface area contributed by atoms with Gasteiger partial charge in [-0.05, 0) is 50.8 Å². The molecule has 0 bridgehead atoms. The zero-order valence-electron chi connectivity index (χ0n) is 14.8. The maximum Gasteiger partial charge on any atom is 0.416 e. The van der Waals surface area contributed by atoms with E-state index < -0.39 is 23.3 Å². The van der Waals surface area contributed by atoms with Gasteiger partial charge in [0.2, 0.25) is 0 Å². The Morgan fingerprint density at radius 3 is 2.37 bits per heavy atom. The molecule has 1 saturated heterocycles. The molecule has 142 valence electrons. The van der Waals surface area contributed by atoms with Gasteiger partial charge in [-0.3, -0.25) is 9.59 Å². The predicted molar refractivity (Wildman–Crippen MR) is 90.7 cm³/mol. The summed E-state index contributed by atoms with van der Waals surface area (Å²) >= 11 is 0. The topological polar surface area (TPSA) is 64.0 Å². The van der Waals surface area contributed by atoms with Gasteiger partial charge in [-0.15, -0.1) is 0 Å². The number of aryl methyl sites for hydroxylation is 1. The van der Waals surface area contributed by atoms with Crippen molar-refractivity contribution in [3.05, 3.63) is 41.6 Å². The third-order valence-electron chi connectivity index (χ3n) is 5.46. The van der Waals surface area contributed by atoms with Crippen LogP contribution in [-0.2, 0) is 15.8 Å². The maximum absolute atomic E-state index is 12.9. The van der Waals surface area contributed by atoms with Crippen molar-refractivity contribution < 1.29 is 22.8 Å². The fraction of sp³-hybridized carbons (Fsp3) is 0.421. The molecule has 5 nitrogen and oxygen atoms in total. The fourth-order valence-electron chi connectivity index (χ4n) is 3.70. The number of carbonyl (C=O) groups is 2. The molecule has 2 heterocycles. The molecule has 1 saturated carbocycles. The van der Waals surface area contributed by atoms with E-state index in [-0.39, 0.29) is 17.6 Å². The molecule has 1 N–H and O–H groups in total. The van der Waals surface area contributed by atoms with Crippen LogP contribution in [0.3, 0.4) is 0 Å². The Morgan fingerprint density at radius 2 is 1.81 bits per heavy atom. The Morgan fingerprint density at radius 1 is 1.19 bits per heavy atom. The van der Waals surface area contributed by atoms with Gasteiger partial charge in [-0.1, -0.05) is 12.1 Å². The maximum atomic E-state index is 12.9. The van der Waals surface area contributed by atoms with Gasteiger partial charge in [0.05, 0.1) is 11.3 Å². The number of hydrogen-bond acceptors (Lipinski definition) is 3. The first-order valence-electron chi connectivity index (χ1n) is 8.71. The number of nitrogens with one attached hydrogen (secondary N) is 1. The van der Waals surface area contributed by atoms with Crippen LogP contribution >= 0.6 is 0 Å². The SMILES string of the molecule is Cc1cc(-c2ccc(C(F)(F)F)cc2)nn1C1C(=O)NC(C)(C2CC2)C1=O. The quantitative estimate of drug-likeness (QED) is 0.835. The zero-order valence-corrected chi connectivity index (χ0v) is 14.8. The normalized spacial score (nSPS) is 25.7. The summed E-state index contributed by atoms with van der Waals surface area (Å²) in [5.74, 6) is -0.441. The number of aromatic nitrogens is 2. The highest BCUT2D eigenvalue weighted by molar-refractivity contribution is 6.14. The second-order valence-corrected chi connectivity index (χ2v) is 7.42. The number of amides is 1. The summed E-state index contributed by atoms with van der Waals surface area (Å²) in [6, 6.07) is 5.26. The number of ketones is 1. The molecule has 8 heteroatoms. The minimum Gasteiger partial charge on any atom is -0.341 e. The van der Waals surface area contributed by atoms with E-state index in [1.807, 2.05) is 0 Å². The fourth-order valence-corrected chi connectivity index (χ4v) is 3.70. The number of alkyl halides is 3. The lowest BCUT2D eigenvalue weighted by molar-refractivity contribution is -0.137. The average Bonchev–Trinajstić information content (AvgIpc) is 3.35. The summed E-state index contributed by atoms with van der Waals surface area (Å²) in [6.45, 7) is 3.47. The van der Waals surface area contributed by atoms with Crippen LogP contribution in [0.5, 0.6) is 0 Å². The molecule has 1 aliphatic carbocycles. The van der Waals surface area contributed by atoms with Gasteiger partial charge < -0.3 is 5.32 Å². The van der Waals surface area contributed by atoms with Crippen LogP contribution in [-0.4, -0.2) is 27.0 Å². The van der Waals surface area contributed by atoms with Crippen LogP contribution in [0.15, 0.2) is 30.3 Å². The first kappa shape index (κ1) is 17.8. The lowest BCUT2D eigenvalue weighted by atomic mass is 9.91. The van der Waals surface area contributed by atoms with Crippen molar-refractivity contribution in [3.8, 4) is 11.3 Å². The average molecular weight is 377 g/mol. The number of hydrogen-bond donors (Lipinski definition) is 1. The van der Waals surface area contributed by atoms with Crippen LogP contribution in [0.1, 0.15) is 37.1 Å². The highest BCUT2D eigenvalue weighted by atomic mass is 19.4. The third kappa shape index (κ3) is 2.83. The number of benzene rings is 1. The van der Waals surface area contributed by atoms with Crippen LogP contribution in [0.2, 0.25) is 0 Å². The number of rotatable bonds is 3. The molecule has 2 aliphatic rings. The first-order valence-corrected chi connectivity index (χ1v) is 8.71. The molecule has 2 unspecified atom stereocenters. The second kappa shape index (κ2) is 5.68. The van der Waals surface area contributed by atoms with E-state index in [0.717, 1.165) is 25.0 Å². The largest absolute Gasteiger partial charge is 0.416 e. The van der Waals surface area contributed by atoms with Crippen molar-refractivity contribution in [3.63, 3.8) is 0 Å². The van der Waals surface area contributed by atoms with Gasteiger partial charge in [0.1, 0.15) is 5.54 Å². The minimum absolute atomic E-state index is 0.157. The smallest absolute Gasteiger partial charge is 0.341 e. The van der Waals surface area contributed by atoms with Crippen molar-refractivity contribution in [2.75, 3.05) is 0 Å². The molecule has 2 aromatic rings. The van der Waals surface area contributed by atoms with Gasteiger partial charge >= 0.3 is 6.18 Å². The molecule has 1 aromatic carbocycles. The highest BCUT2D eigenvalue weighted by Crippen LogP contribution is 2.44. The Balaban J connectivity index is 1.66. The van der Waals surface area contributed by atoms with Crippen LogP contribution in [0, 0.1) is 12.8 Å². The van der Waals surface area contributed by atoms with E-state index in [4.69, 9.17) is 0 Å². The van der Waals surface area contributed by atoms with Crippen molar-refractivity contribution >= 4 is 11.7 Å². The molecular formula is C19H18F3N3O2. The molecule has 1 aliphatic heterocycles. The Hall–Kier alpha value is -2.64. The second-order valence-electron chi connectivity index (χ2n) is 7.42. The van der Waals surface area contributed by atoms with Gasteiger partial charge in [0.25, 0.3) is 5.91 Å². The molecule has 0 radical (unpaired) electrons. The summed E-state index contributed by atoms with van der Waals surface area (Å²) in [5, 5.41) is 7.17. The van der Waals surface area contributed by atoms with E-state index in [9.17, 15) is 22.8 Å². The molecule has 2 atom stereocenters. The van der Waals surface area contributed by atoms with Gasteiger partial charge in [0, 0.05) is 11.3 Å². The first-order chi connectivity index (χ1) is 12.6. The van der Waals surface area contributed by atoms with Crippen molar-refractivity contribution in [2.24, 2.45) is 5.92 Å². The Labute approximate surface area is 153 Å². The standard InChI is InChI=1S/C19H18F3N3O2/c1-10-9-14(11-3-5-13(6-4-11)19(20,21)22)24-25(10)15-16(26)18(2,12-7-8-12)23-17(15)27/h3-6,9,12,15H,7-8H2,1-2H3,(H,23,27). The van der Waals surface area contributed by atoms with Crippen LogP contribution in [0.25, 0.3) is 11.3 Å². The molecule has 1 aromatic heterocycles. The molecule has 1 amide bonds. The van der Waals surface area contributed by atoms with Crippen molar-refractivity contribution in [2.45, 2.75) is 44.4 Å².